The Balaban J connectivity index is 2.19. The number of carbonyl (C=O) groups is 1. The van der Waals surface area contributed by atoms with Crippen molar-refractivity contribution >= 4 is 17.2 Å². The molecule has 26 heavy (non-hydrogen) atoms. The van der Waals surface area contributed by atoms with Gasteiger partial charge in [-0.05, 0) is 45.2 Å². The molecule has 1 aromatic heterocycles. The predicted molar refractivity (Wildman–Crippen MR) is 109 cm³/mol. The van der Waals surface area contributed by atoms with E-state index in [1.54, 1.807) is 18.4 Å². The van der Waals surface area contributed by atoms with Crippen molar-refractivity contribution in [2.45, 2.75) is 52.9 Å². The van der Waals surface area contributed by atoms with Crippen LogP contribution in [0.3, 0.4) is 0 Å². The maximum absolute atomic E-state index is 13.0. The molecule has 142 valence electrons. The Labute approximate surface area is 161 Å². The van der Waals surface area contributed by atoms with Crippen molar-refractivity contribution in [3.05, 3.63) is 52.2 Å². The van der Waals surface area contributed by atoms with E-state index in [1.165, 1.54) is 4.88 Å². The van der Waals surface area contributed by atoms with E-state index in [0.29, 0.717) is 13.1 Å². The summed E-state index contributed by atoms with van der Waals surface area (Å²) in [5.74, 6) is 1.03. The number of amides is 1. The molecule has 2 rings (SSSR count). The van der Waals surface area contributed by atoms with Crippen molar-refractivity contribution in [1.29, 1.82) is 0 Å². The average molecular weight is 375 g/mol. The van der Waals surface area contributed by atoms with Gasteiger partial charge in [-0.25, -0.2) is 0 Å². The second kappa shape index (κ2) is 9.74. The van der Waals surface area contributed by atoms with E-state index in [-0.39, 0.29) is 18.0 Å². The first kappa shape index (κ1) is 20.5. The van der Waals surface area contributed by atoms with Gasteiger partial charge in [-0.3, -0.25) is 9.69 Å². The molecule has 0 bridgehead atoms. The normalized spacial score (nSPS) is 11.4. The van der Waals surface area contributed by atoms with Gasteiger partial charge >= 0.3 is 0 Å². The fourth-order valence-corrected chi connectivity index (χ4v) is 4.06. The van der Waals surface area contributed by atoms with Crippen molar-refractivity contribution in [3.8, 4) is 5.75 Å². The van der Waals surface area contributed by atoms with E-state index in [1.807, 2.05) is 23.1 Å². The molecule has 0 atom stereocenters. The van der Waals surface area contributed by atoms with Gasteiger partial charge in [-0.2, -0.15) is 0 Å². The molecule has 0 aliphatic heterocycles. The molecule has 2 aromatic rings. The maximum Gasteiger partial charge on any atom is 0.237 e. The van der Waals surface area contributed by atoms with Crippen molar-refractivity contribution < 1.29 is 9.53 Å². The van der Waals surface area contributed by atoms with Crippen LogP contribution in [0.15, 0.2) is 41.8 Å². The zero-order valence-corrected chi connectivity index (χ0v) is 17.3. The van der Waals surface area contributed by atoms with Crippen LogP contribution in [0.1, 0.15) is 38.1 Å². The van der Waals surface area contributed by atoms with Gasteiger partial charge in [-0.1, -0.05) is 24.3 Å². The lowest BCUT2D eigenvalue weighted by atomic mass is 10.1. The fraction of sp³-hybridized carbons (Fsp3) is 0.476. The van der Waals surface area contributed by atoms with Gasteiger partial charge in [0.15, 0.2) is 0 Å². The summed E-state index contributed by atoms with van der Waals surface area (Å²) < 4.78 is 5.49. The number of carbonyl (C=O) groups excluding carboxylic acids is 1. The second-order valence-corrected chi connectivity index (χ2v) is 8.06. The Hall–Kier alpha value is -1.85. The lowest BCUT2D eigenvalue weighted by Gasteiger charge is -2.33. The third-order valence-corrected chi connectivity index (χ3v) is 5.17. The van der Waals surface area contributed by atoms with Crippen molar-refractivity contribution in [2.24, 2.45) is 0 Å². The molecule has 0 spiro atoms. The van der Waals surface area contributed by atoms with E-state index < -0.39 is 0 Å². The maximum atomic E-state index is 13.0. The topological polar surface area (TPSA) is 32.8 Å². The van der Waals surface area contributed by atoms with Crippen LogP contribution in [-0.2, 0) is 17.9 Å². The quantitative estimate of drug-likeness (QED) is 0.652. The van der Waals surface area contributed by atoms with E-state index in [4.69, 9.17) is 4.74 Å². The highest BCUT2D eigenvalue weighted by Crippen LogP contribution is 2.22. The molecule has 0 unspecified atom stereocenters. The fourth-order valence-electron chi connectivity index (χ4n) is 3.31. The number of hydrogen-bond acceptors (Lipinski definition) is 4. The average Bonchev–Trinajstić information content (AvgIpc) is 3.07. The molecular formula is C21H30N2O2S. The van der Waals surface area contributed by atoms with Gasteiger partial charge in [0, 0.05) is 35.6 Å². The van der Waals surface area contributed by atoms with Crippen molar-refractivity contribution in [1.82, 2.24) is 9.80 Å². The number of thiophene rings is 1. The van der Waals surface area contributed by atoms with Crippen LogP contribution in [0.5, 0.6) is 5.75 Å². The smallest absolute Gasteiger partial charge is 0.237 e. The molecular weight excluding hydrogens is 344 g/mol. The minimum Gasteiger partial charge on any atom is -0.496 e. The summed E-state index contributed by atoms with van der Waals surface area (Å²) in [6.07, 6.45) is 0. The van der Waals surface area contributed by atoms with Crippen LogP contribution in [0.2, 0.25) is 0 Å². The predicted octanol–water partition coefficient (Wildman–Crippen LogP) is 4.40. The number of hydrogen-bond donors (Lipinski definition) is 0. The van der Waals surface area contributed by atoms with Gasteiger partial charge in [0.2, 0.25) is 5.91 Å². The summed E-state index contributed by atoms with van der Waals surface area (Å²) in [6, 6.07) is 12.6. The van der Waals surface area contributed by atoms with Gasteiger partial charge in [0.05, 0.1) is 13.7 Å². The summed E-state index contributed by atoms with van der Waals surface area (Å²) in [5.41, 5.74) is 1.10. The molecule has 0 radical (unpaired) electrons. The number of benzene rings is 1. The van der Waals surface area contributed by atoms with Gasteiger partial charge < -0.3 is 9.64 Å². The highest BCUT2D eigenvalue weighted by Gasteiger charge is 2.23. The highest BCUT2D eigenvalue weighted by atomic mass is 32.1. The number of nitrogens with zero attached hydrogens (tertiary/aromatic N) is 2. The summed E-state index contributed by atoms with van der Waals surface area (Å²) in [5, 5.41) is 2.08. The second-order valence-electron chi connectivity index (χ2n) is 7.02. The van der Waals surface area contributed by atoms with Crippen LogP contribution in [-0.4, -0.2) is 41.4 Å². The Bertz CT molecular complexity index is 675. The molecule has 4 nitrogen and oxygen atoms in total. The van der Waals surface area contributed by atoms with Crippen molar-refractivity contribution in [2.75, 3.05) is 13.7 Å². The van der Waals surface area contributed by atoms with Crippen LogP contribution >= 0.6 is 11.3 Å². The molecule has 0 aliphatic carbocycles. The van der Waals surface area contributed by atoms with E-state index in [2.05, 4.69) is 56.2 Å². The molecule has 0 saturated heterocycles. The summed E-state index contributed by atoms with van der Waals surface area (Å²) in [4.78, 5) is 18.4. The zero-order valence-electron chi connectivity index (χ0n) is 16.4. The molecule has 0 aliphatic rings. The molecule has 1 aromatic carbocycles. The van der Waals surface area contributed by atoms with Crippen LogP contribution in [0, 0.1) is 0 Å². The number of para-hydroxylation sites is 1. The first-order valence-corrected chi connectivity index (χ1v) is 9.98. The molecule has 1 amide bonds. The Morgan fingerprint density at radius 3 is 2.31 bits per heavy atom. The van der Waals surface area contributed by atoms with Crippen molar-refractivity contribution in [3.63, 3.8) is 0 Å². The number of methoxy groups -OCH3 is 1. The lowest BCUT2D eigenvalue weighted by Crippen LogP contribution is -2.46. The Morgan fingerprint density at radius 2 is 1.73 bits per heavy atom. The van der Waals surface area contributed by atoms with E-state index >= 15 is 0 Å². The van der Waals surface area contributed by atoms with Crippen LogP contribution in [0.4, 0.5) is 0 Å². The molecule has 1 heterocycles. The van der Waals surface area contributed by atoms with E-state index in [9.17, 15) is 4.79 Å². The minimum absolute atomic E-state index is 0.168. The number of rotatable bonds is 9. The lowest BCUT2D eigenvalue weighted by molar-refractivity contribution is -0.136. The first-order valence-electron chi connectivity index (χ1n) is 9.10. The molecule has 0 saturated carbocycles. The molecule has 5 heteroatoms. The third kappa shape index (κ3) is 5.58. The number of ether oxygens (including phenoxy) is 1. The van der Waals surface area contributed by atoms with Crippen LogP contribution < -0.4 is 4.74 Å². The largest absolute Gasteiger partial charge is 0.496 e. The minimum atomic E-state index is 0.168. The third-order valence-electron chi connectivity index (χ3n) is 4.31. The van der Waals surface area contributed by atoms with Gasteiger partial charge in [0.25, 0.3) is 0 Å². The van der Waals surface area contributed by atoms with Gasteiger partial charge in [-0.15, -0.1) is 11.3 Å². The monoisotopic (exact) mass is 374 g/mol. The standard InChI is InChI=1S/C21H30N2O2S/c1-16(2)23(17(3)4)21(24)15-22(14-19-10-8-12-26-19)13-18-9-6-7-11-20(18)25-5/h6-12,16-17H,13-15H2,1-5H3. The summed E-state index contributed by atoms with van der Waals surface area (Å²) in [7, 11) is 1.69. The summed E-state index contributed by atoms with van der Waals surface area (Å²) in [6.45, 7) is 10.1. The van der Waals surface area contributed by atoms with E-state index in [0.717, 1.165) is 17.9 Å². The Kier molecular flexibility index (Phi) is 7.66. The summed E-state index contributed by atoms with van der Waals surface area (Å²) >= 11 is 1.72. The molecule has 0 N–H and O–H groups in total. The first-order chi connectivity index (χ1) is 12.4. The highest BCUT2D eigenvalue weighted by molar-refractivity contribution is 7.09. The zero-order chi connectivity index (χ0) is 19.1. The molecule has 0 fully saturated rings. The van der Waals surface area contributed by atoms with Gasteiger partial charge in [0.1, 0.15) is 5.75 Å². The Morgan fingerprint density at radius 1 is 1.04 bits per heavy atom. The van der Waals surface area contributed by atoms with Crippen LogP contribution in [0.25, 0.3) is 0 Å². The SMILES string of the molecule is COc1ccccc1CN(CC(=O)N(C(C)C)C(C)C)Cc1cccs1.